The molecule has 0 N–H and O–H groups in total. The molecule has 20 heavy (non-hydrogen) atoms. The van der Waals surface area contributed by atoms with E-state index in [0.717, 1.165) is 33.5 Å². The van der Waals surface area contributed by atoms with Crippen LogP contribution in [0.4, 0.5) is 0 Å². The molecule has 3 heteroatoms. The molecular weight excluding hydrogens is 250 g/mol. The summed E-state index contributed by atoms with van der Waals surface area (Å²) in [5.74, 6) is 1.64. The van der Waals surface area contributed by atoms with Crippen molar-refractivity contribution < 1.29 is 9.47 Å². The van der Waals surface area contributed by atoms with Crippen LogP contribution in [0.15, 0.2) is 54.7 Å². The van der Waals surface area contributed by atoms with E-state index in [1.54, 1.807) is 14.2 Å². The number of para-hydroxylation sites is 1. The SMILES string of the molecule is COc1ccc(-c2ccnc3c(OC)cccc23)cc1. The number of methoxy groups -OCH3 is 2. The molecule has 1 aromatic heterocycles. The molecule has 0 aliphatic carbocycles. The number of nitrogens with zero attached hydrogens (tertiary/aromatic N) is 1. The van der Waals surface area contributed by atoms with Crippen LogP contribution in [0, 0.1) is 0 Å². The molecule has 0 saturated heterocycles. The first-order valence-corrected chi connectivity index (χ1v) is 6.39. The maximum Gasteiger partial charge on any atom is 0.145 e. The summed E-state index contributed by atoms with van der Waals surface area (Å²) in [6.45, 7) is 0. The quantitative estimate of drug-likeness (QED) is 0.719. The molecule has 0 atom stereocenters. The van der Waals surface area contributed by atoms with Gasteiger partial charge in [0.25, 0.3) is 0 Å². The van der Waals surface area contributed by atoms with Crippen LogP contribution in [0.3, 0.4) is 0 Å². The van der Waals surface area contributed by atoms with Gasteiger partial charge in [0.05, 0.1) is 14.2 Å². The molecule has 0 aliphatic heterocycles. The second-order valence-corrected chi connectivity index (χ2v) is 4.44. The topological polar surface area (TPSA) is 31.4 Å². The summed E-state index contributed by atoms with van der Waals surface area (Å²) in [4.78, 5) is 4.42. The van der Waals surface area contributed by atoms with E-state index >= 15 is 0 Å². The van der Waals surface area contributed by atoms with Crippen molar-refractivity contribution in [3.63, 3.8) is 0 Å². The second-order valence-electron chi connectivity index (χ2n) is 4.44. The van der Waals surface area contributed by atoms with Gasteiger partial charge in [0, 0.05) is 11.6 Å². The fraction of sp³-hybridized carbons (Fsp3) is 0.118. The monoisotopic (exact) mass is 265 g/mol. The Morgan fingerprint density at radius 2 is 1.65 bits per heavy atom. The zero-order valence-electron chi connectivity index (χ0n) is 11.5. The first-order valence-electron chi connectivity index (χ1n) is 6.39. The van der Waals surface area contributed by atoms with Gasteiger partial charge >= 0.3 is 0 Å². The third kappa shape index (κ3) is 2.07. The van der Waals surface area contributed by atoms with Crippen LogP contribution >= 0.6 is 0 Å². The van der Waals surface area contributed by atoms with E-state index in [1.165, 1.54) is 0 Å². The van der Waals surface area contributed by atoms with E-state index < -0.39 is 0 Å². The molecule has 0 amide bonds. The van der Waals surface area contributed by atoms with Crippen molar-refractivity contribution in [2.75, 3.05) is 14.2 Å². The number of rotatable bonds is 3. The van der Waals surface area contributed by atoms with E-state index in [2.05, 4.69) is 11.1 Å². The number of fused-ring (bicyclic) bond motifs is 1. The molecule has 0 unspecified atom stereocenters. The minimum Gasteiger partial charge on any atom is -0.497 e. The molecular formula is C17H15NO2. The molecule has 0 radical (unpaired) electrons. The lowest BCUT2D eigenvalue weighted by atomic mass is 10.0. The maximum atomic E-state index is 5.37. The van der Waals surface area contributed by atoms with Crippen LogP contribution in [-0.4, -0.2) is 19.2 Å². The highest BCUT2D eigenvalue weighted by Crippen LogP contribution is 2.32. The summed E-state index contributed by atoms with van der Waals surface area (Å²) < 4.78 is 10.6. The highest BCUT2D eigenvalue weighted by molar-refractivity contribution is 5.97. The zero-order chi connectivity index (χ0) is 13.9. The molecule has 0 fully saturated rings. The molecule has 0 spiro atoms. The molecule has 3 rings (SSSR count). The number of ether oxygens (including phenoxy) is 2. The fourth-order valence-corrected chi connectivity index (χ4v) is 2.34. The summed E-state index contributed by atoms with van der Waals surface area (Å²) in [6.07, 6.45) is 1.81. The van der Waals surface area contributed by atoms with Gasteiger partial charge in [-0.25, -0.2) is 0 Å². The van der Waals surface area contributed by atoms with Crippen LogP contribution in [-0.2, 0) is 0 Å². The molecule has 0 bridgehead atoms. The van der Waals surface area contributed by atoms with Gasteiger partial charge in [-0.05, 0) is 35.4 Å². The summed E-state index contributed by atoms with van der Waals surface area (Å²) in [5, 5.41) is 1.08. The fourth-order valence-electron chi connectivity index (χ4n) is 2.34. The minimum atomic E-state index is 0.790. The van der Waals surface area contributed by atoms with Gasteiger partial charge in [-0.15, -0.1) is 0 Å². The third-order valence-electron chi connectivity index (χ3n) is 3.35. The lowest BCUT2D eigenvalue weighted by Gasteiger charge is -2.09. The van der Waals surface area contributed by atoms with Crippen molar-refractivity contribution in [1.29, 1.82) is 0 Å². The number of aromatic nitrogens is 1. The smallest absolute Gasteiger partial charge is 0.145 e. The first-order chi connectivity index (χ1) is 9.83. The molecule has 3 aromatic rings. The van der Waals surface area contributed by atoms with E-state index in [4.69, 9.17) is 9.47 Å². The van der Waals surface area contributed by atoms with Gasteiger partial charge in [0.2, 0.25) is 0 Å². The van der Waals surface area contributed by atoms with Crippen molar-refractivity contribution in [1.82, 2.24) is 4.98 Å². The Balaban J connectivity index is 2.20. The summed E-state index contributed by atoms with van der Waals surface area (Å²) in [7, 11) is 3.33. The van der Waals surface area contributed by atoms with Crippen molar-refractivity contribution >= 4 is 10.9 Å². The predicted octanol–water partition coefficient (Wildman–Crippen LogP) is 3.92. The van der Waals surface area contributed by atoms with E-state index in [-0.39, 0.29) is 0 Å². The molecule has 3 nitrogen and oxygen atoms in total. The Bertz CT molecular complexity index is 736. The van der Waals surface area contributed by atoms with Crippen LogP contribution < -0.4 is 9.47 Å². The summed E-state index contributed by atoms with van der Waals surface area (Å²) in [6, 6.07) is 16.0. The van der Waals surface area contributed by atoms with Crippen molar-refractivity contribution in [2.45, 2.75) is 0 Å². The van der Waals surface area contributed by atoms with Crippen LogP contribution in [0.2, 0.25) is 0 Å². The van der Waals surface area contributed by atoms with Crippen molar-refractivity contribution in [2.24, 2.45) is 0 Å². The normalized spacial score (nSPS) is 10.5. The van der Waals surface area contributed by atoms with Crippen molar-refractivity contribution in [3.8, 4) is 22.6 Å². The number of pyridine rings is 1. The first kappa shape index (κ1) is 12.5. The van der Waals surface area contributed by atoms with Gasteiger partial charge in [-0.3, -0.25) is 4.98 Å². The van der Waals surface area contributed by atoms with Gasteiger partial charge in [-0.2, -0.15) is 0 Å². The summed E-state index contributed by atoms with van der Waals surface area (Å²) in [5.41, 5.74) is 3.14. The minimum absolute atomic E-state index is 0.790. The van der Waals surface area contributed by atoms with Crippen LogP contribution in [0.1, 0.15) is 0 Å². The highest BCUT2D eigenvalue weighted by atomic mass is 16.5. The average Bonchev–Trinajstić information content (AvgIpc) is 2.54. The Morgan fingerprint density at radius 1 is 0.850 bits per heavy atom. The van der Waals surface area contributed by atoms with Gasteiger partial charge in [-0.1, -0.05) is 24.3 Å². The average molecular weight is 265 g/mol. The molecule has 0 aliphatic rings. The molecule has 100 valence electrons. The number of hydrogen-bond donors (Lipinski definition) is 0. The number of hydrogen-bond acceptors (Lipinski definition) is 3. The lowest BCUT2D eigenvalue weighted by molar-refractivity contribution is 0.415. The van der Waals surface area contributed by atoms with Crippen LogP contribution in [0.25, 0.3) is 22.0 Å². The standard InChI is InChI=1S/C17H15NO2/c1-19-13-8-6-12(7-9-13)14-10-11-18-17-15(14)4-3-5-16(17)20-2/h3-11H,1-2H3. The lowest BCUT2D eigenvalue weighted by Crippen LogP contribution is -1.89. The van der Waals surface area contributed by atoms with E-state index in [9.17, 15) is 0 Å². The largest absolute Gasteiger partial charge is 0.497 e. The predicted molar refractivity (Wildman–Crippen MR) is 80.3 cm³/mol. The summed E-state index contributed by atoms with van der Waals surface area (Å²) >= 11 is 0. The van der Waals surface area contributed by atoms with Gasteiger partial charge in [0.15, 0.2) is 0 Å². The van der Waals surface area contributed by atoms with E-state index in [1.807, 2.05) is 48.7 Å². The molecule has 2 aromatic carbocycles. The van der Waals surface area contributed by atoms with Gasteiger partial charge < -0.3 is 9.47 Å². The maximum absolute atomic E-state index is 5.37. The highest BCUT2D eigenvalue weighted by Gasteiger charge is 2.08. The molecule has 0 saturated carbocycles. The zero-order valence-corrected chi connectivity index (χ0v) is 11.5. The second kappa shape index (κ2) is 5.21. The Kier molecular flexibility index (Phi) is 3.25. The van der Waals surface area contributed by atoms with Crippen LogP contribution in [0.5, 0.6) is 11.5 Å². The van der Waals surface area contributed by atoms with Gasteiger partial charge in [0.1, 0.15) is 17.0 Å². The van der Waals surface area contributed by atoms with E-state index in [0.29, 0.717) is 0 Å². The van der Waals surface area contributed by atoms with Crippen molar-refractivity contribution in [3.05, 3.63) is 54.7 Å². The third-order valence-corrected chi connectivity index (χ3v) is 3.35. The molecule has 1 heterocycles. The number of benzene rings is 2. The Hall–Kier alpha value is -2.55. The Labute approximate surface area is 117 Å². The Morgan fingerprint density at radius 3 is 2.35 bits per heavy atom.